The second kappa shape index (κ2) is 10.2. The smallest absolute Gasteiger partial charge is 0.165 e. The fraction of sp³-hybridized carbons (Fsp3) is 0.368. The highest BCUT2D eigenvalue weighted by Gasteiger charge is 2.12. The normalized spacial score (nSPS) is 10.4. The Bertz CT molecular complexity index is 678. The Morgan fingerprint density at radius 3 is 2.28 bits per heavy atom. The van der Waals surface area contributed by atoms with Crippen LogP contribution in [0.25, 0.3) is 0 Å². The van der Waals surface area contributed by atoms with E-state index in [2.05, 4.69) is 21.2 Å². The fourth-order valence-electron chi connectivity index (χ4n) is 2.40. The van der Waals surface area contributed by atoms with Crippen LogP contribution in [-0.4, -0.2) is 34.0 Å². The van der Waals surface area contributed by atoms with Crippen LogP contribution in [0.15, 0.2) is 40.9 Å². The summed E-state index contributed by atoms with van der Waals surface area (Å²) in [6.07, 6.45) is 0. The van der Waals surface area contributed by atoms with Crippen molar-refractivity contribution >= 4 is 15.9 Å². The predicted octanol–water partition coefficient (Wildman–Crippen LogP) is 4.03. The second-order valence-corrected chi connectivity index (χ2v) is 6.12. The number of ether oxygens (including phenoxy) is 4. The van der Waals surface area contributed by atoms with Crippen LogP contribution in [-0.2, 0) is 6.54 Å². The molecule has 2 aromatic carbocycles. The van der Waals surface area contributed by atoms with Crippen molar-refractivity contribution in [3.8, 4) is 23.0 Å². The standard InChI is InChI=1S/C19H24BrNO4/c1-4-23-16-7-5-6-8-17(16)24-9-10-25-19-14(13-21-2)11-15(20)12-18(19)22-3/h5-8,11-12,21H,4,9-10,13H2,1-3H3. The molecule has 0 spiro atoms. The molecule has 1 N–H and O–H groups in total. The molecule has 0 aliphatic heterocycles. The van der Waals surface area contributed by atoms with Gasteiger partial charge in [0.1, 0.15) is 13.2 Å². The molecule has 0 atom stereocenters. The highest BCUT2D eigenvalue weighted by atomic mass is 79.9. The molecule has 2 aromatic rings. The van der Waals surface area contributed by atoms with Gasteiger partial charge in [-0.2, -0.15) is 0 Å². The van der Waals surface area contributed by atoms with Gasteiger partial charge in [0.2, 0.25) is 0 Å². The zero-order valence-corrected chi connectivity index (χ0v) is 16.4. The van der Waals surface area contributed by atoms with E-state index < -0.39 is 0 Å². The minimum atomic E-state index is 0.398. The number of halogens is 1. The Kier molecular flexibility index (Phi) is 7.88. The third kappa shape index (κ3) is 5.54. The van der Waals surface area contributed by atoms with E-state index in [0.29, 0.717) is 37.9 Å². The fourth-order valence-corrected chi connectivity index (χ4v) is 2.88. The maximum Gasteiger partial charge on any atom is 0.165 e. The first-order chi connectivity index (χ1) is 12.2. The predicted molar refractivity (Wildman–Crippen MR) is 102 cm³/mol. The lowest BCUT2D eigenvalue weighted by molar-refractivity contribution is 0.202. The molecule has 0 fully saturated rings. The lowest BCUT2D eigenvalue weighted by Crippen LogP contribution is -2.13. The van der Waals surface area contributed by atoms with Gasteiger partial charge in [0.15, 0.2) is 23.0 Å². The van der Waals surface area contributed by atoms with Crippen molar-refractivity contribution < 1.29 is 18.9 Å². The summed E-state index contributed by atoms with van der Waals surface area (Å²) >= 11 is 3.49. The topological polar surface area (TPSA) is 49.0 Å². The molecule has 0 amide bonds. The average Bonchev–Trinajstić information content (AvgIpc) is 2.61. The summed E-state index contributed by atoms with van der Waals surface area (Å²) in [5.41, 5.74) is 1.02. The monoisotopic (exact) mass is 409 g/mol. The van der Waals surface area contributed by atoms with Gasteiger partial charge in [-0.15, -0.1) is 0 Å². The van der Waals surface area contributed by atoms with E-state index in [1.807, 2.05) is 50.4 Å². The Balaban J connectivity index is 2.00. The van der Waals surface area contributed by atoms with Gasteiger partial charge in [-0.1, -0.05) is 28.1 Å². The van der Waals surface area contributed by atoms with Crippen LogP contribution >= 0.6 is 15.9 Å². The van der Waals surface area contributed by atoms with Crippen molar-refractivity contribution in [3.63, 3.8) is 0 Å². The minimum Gasteiger partial charge on any atom is -0.493 e. The Morgan fingerprint density at radius 1 is 0.960 bits per heavy atom. The van der Waals surface area contributed by atoms with Crippen LogP contribution < -0.4 is 24.3 Å². The van der Waals surface area contributed by atoms with Crippen molar-refractivity contribution in [2.24, 2.45) is 0 Å². The molecular weight excluding hydrogens is 386 g/mol. The largest absolute Gasteiger partial charge is 0.493 e. The summed E-state index contributed by atoms with van der Waals surface area (Å²) < 4.78 is 23.7. The summed E-state index contributed by atoms with van der Waals surface area (Å²) in [5, 5.41) is 3.14. The molecule has 0 bridgehead atoms. The van der Waals surface area contributed by atoms with Crippen LogP contribution in [0.5, 0.6) is 23.0 Å². The van der Waals surface area contributed by atoms with E-state index >= 15 is 0 Å². The first-order valence-electron chi connectivity index (χ1n) is 8.18. The van der Waals surface area contributed by atoms with E-state index in [1.54, 1.807) is 7.11 Å². The number of hydrogen-bond donors (Lipinski definition) is 1. The Morgan fingerprint density at radius 2 is 1.64 bits per heavy atom. The molecule has 6 heteroatoms. The summed E-state index contributed by atoms with van der Waals surface area (Å²) in [6.45, 7) is 4.03. The van der Waals surface area contributed by atoms with Crippen LogP contribution in [0.1, 0.15) is 12.5 Å². The lowest BCUT2D eigenvalue weighted by Gasteiger charge is -2.16. The number of hydrogen-bond acceptors (Lipinski definition) is 5. The third-order valence-electron chi connectivity index (χ3n) is 3.42. The molecule has 0 heterocycles. The van der Waals surface area contributed by atoms with Gasteiger partial charge in [0.05, 0.1) is 13.7 Å². The van der Waals surface area contributed by atoms with Gasteiger partial charge < -0.3 is 24.3 Å². The molecule has 0 saturated carbocycles. The van der Waals surface area contributed by atoms with E-state index in [1.165, 1.54) is 0 Å². The maximum absolute atomic E-state index is 5.94. The molecule has 0 unspecified atom stereocenters. The van der Waals surface area contributed by atoms with Crippen LogP contribution in [0.4, 0.5) is 0 Å². The molecule has 0 aliphatic rings. The molecule has 0 aliphatic carbocycles. The molecule has 25 heavy (non-hydrogen) atoms. The number of nitrogens with one attached hydrogen (secondary N) is 1. The van der Waals surface area contributed by atoms with Crippen molar-refractivity contribution in [1.82, 2.24) is 5.32 Å². The zero-order chi connectivity index (χ0) is 18.1. The number of benzene rings is 2. The highest BCUT2D eigenvalue weighted by molar-refractivity contribution is 9.10. The van der Waals surface area contributed by atoms with Gasteiger partial charge in [0.25, 0.3) is 0 Å². The van der Waals surface area contributed by atoms with Crippen molar-refractivity contribution in [2.45, 2.75) is 13.5 Å². The van der Waals surface area contributed by atoms with Crippen LogP contribution in [0.2, 0.25) is 0 Å². The molecule has 0 saturated heterocycles. The number of methoxy groups -OCH3 is 1. The van der Waals surface area contributed by atoms with E-state index in [0.717, 1.165) is 21.5 Å². The van der Waals surface area contributed by atoms with Crippen LogP contribution in [0, 0.1) is 0 Å². The lowest BCUT2D eigenvalue weighted by atomic mass is 10.2. The van der Waals surface area contributed by atoms with Crippen molar-refractivity contribution in [3.05, 3.63) is 46.4 Å². The zero-order valence-electron chi connectivity index (χ0n) is 14.8. The van der Waals surface area contributed by atoms with Gasteiger partial charge >= 0.3 is 0 Å². The summed E-state index contributed by atoms with van der Waals surface area (Å²) in [5.74, 6) is 2.87. The average molecular weight is 410 g/mol. The van der Waals surface area contributed by atoms with E-state index in [-0.39, 0.29) is 0 Å². The van der Waals surface area contributed by atoms with Crippen molar-refractivity contribution in [1.29, 1.82) is 0 Å². The number of rotatable bonds is 10. The summed E-state index contributed by atoms with van der Waals surface area (Å²) in [4.78, 5) is 0. The molecule has 5 nitrogen and oxygen atoms in total. The quantitative estimate of drug-likeness (QED) is 0.600. The highest BCUT2D eigenvalue weighted by Crippen LogP contribution is 2.35. The van der Waals surface area contributed by atoms with Gasteiger partial charge in [-0.25, -0.2) is 0 Å². The Hall–Kier alpha value is -1.92. The SMILES string of the molecule is CCOc1ccccc1OCCOc1c(CNC)cc(Br)cc1OC. The molecule has 2 rings (SSSR count). The molecular formula is C19H24BrNO4. The number of para-hydroxylation sites is 2. The third-order valence-corrected chi connectivity index (χ3v) is 3.88. The summed E-state index contributed by atoms with van der Waals surface area (Å²) in [6, 6.07) is 11.5. The first-order valence-corrected chi connectivity index (χ1v) is 8.97. The van der Waals surface area contributed by atoms with Gasteiger partial charge in [-0.05, 0) is 38.2 Å². The maximum atomic E-state index is 5.94. The minimum absolute atomic E-state index is 0.398. The second-order valence-electron chi connectivity index (χ2n) is 5.20. The van der Waals surface area contributed by atoms with E-state index in [9.17, 15) is 0 Å². The molecule has 0 aromatic heterocycles. The molecule has 136 valence electrons. The first kappa shape index (κ1) is 19.4. The Labute approximate surface area is 157 Å². The van der Waals surface area contributed by atoms with Crippen molar-refractivity contribution in [2.75, 3.05) is 34.0 Å². The summed E-state index contributed by atoms with van der Waals surface area (Å²) in [7, 11) is 3.53. The van der Waals surface area contributed by atoms with Gasteiger partial charge in [0, 0.05) is 16.6 Å². The van der Waals surface area contributed by atoms with Gasteiger partial charge in [-0.3, -0.25) is 0 Å². The molecule has 0 radical (unpaired) electrons. The van der Waals surface area contributed by atoms with Crippen LogP contribution in [0.3, 0.4) is 0 Å². The van der Waals surface area contributed by atoms with E-state index in [4.69, 9.17) is 18.9 Å².